The van der Waals surface area contributed by atoms with Gasteiger partial charge in [0.2, 0.25) is 11.8 Å². The first-order valence-electron chi connectivity index (χ1n) is 6.51. The van der Waals surface area contributed by atoms with Crippen molar-refractivity contribution in [3.63, 3.8) is 0 Å². The molecule has 1 aliphatic heterocycles. The second-order valence-electron chi connectivity index (χ2n) is 4.59. The number of hydrogen-bond donors (Lipinski definition) is 2. The van der Waals surface area contributed by atoms with Crippen LogP contribution in [0.4, 0.5) is 11.5 Å². The van der Waals surface area contributed by atoms with Crippen molar-refractivity contribution in [2.45, 2.75) is 25.8 Å². The Morgan fingerprint density at radius 1 is 1.52 bits per heavy atom. The summed E-state index contributed by atoms with van der Waals surface area (Å²) in [5.74, 6) is 1.47. The minimum Gasteiger partial charge on any atom is -0.384 e. The van der Waals surface area contributed by atoms with Gasteiger partial charge in [0, 0.05) is 12.2 Å². The predicted octanol–water partition coefficient (Wildman–Crippen LogP) is 1.73. The van der Waals surface area contributed by atoms with Crippen molar-refractivity contribution in [1.82, 2.24) is 9.88 Å². The fourth-order valence-electron chi connectivity index (χ4n) is 1.97. The predicted molar refractivity (Wildman–Crippen MR) is 87.4 cm³/mol. The molecule has 0 radical (unpaired) electrons. The highest BCUT2D eigenvalue weighted by Gasteiger charge is 2.34. The summed E-state index contributed by atoms with van der Waals surface area (Å²) in [5.41, 5.74) is 6.08. The molecule has 1 aromatic heterocycles. The van der Waals surface area contributed by atoms with Crippen molar-refractivity contribution < 1.29 is 9.59 Å². The molecule has 21 heavy (non-hydrogen) atoms. The van der Waals surface area contributed by atoms with Gasteiger partial charge in [0.1, 0.15) is 11.9 Å². The summed E-state index contributed by atoms with van der Waals surface area (Å²) in [7, 11) is 0. The lowest BCUT2D eigenvalue weighted by Gasteiger charge is -2.22. The number of pyridine rings is 1. The van der Waals surface area contributed by atoms with Crippen LogP contribution in [0.1, 0.15) is 19.8 Å². The second kappa shape index (κ2) is 8.09. The first-order chi connectivity index (χ1) is 9.61. The molecule has 8 heteroatoms. The van der Waals surface area contributed by atoms with Crippen LogP contribution in [-0.2, 0) is 9.59 Å². The Bertz CT molecular complexity index is 497. The molecule has 2 heterocycles. The zero-order valence-corrected chi connectivity index (χ0v) is 13.4. The van der Waals surface area contributed by atoms with E-state index in [0.29, 0.717) is 29.6 Å². The molecule has 0 aromatic carbocycles. The maximum atomic E-state index is 12.2. The molecule has 2 amide bonds. The van der Waals surface area contributed by atoms with Crippen LogP contribution in [0.2, 0.25) is 0 Å². The highest BCUT2D eigenvalue weighted by molar-refractivity contribution is 7.99. The van der Waals surface area contributed by atoms with Crippen molar-refractivity contribution >= 4 is 47.5 Å². The first-order valence-corrected chi connectivity index (χ1v) is 7.67. The van der Waals surface area contributed by atoms with Crippen molar-refractivity contribution in [2.75, 3.05) is 22.7 Å². The van der Waals surface area contributed by atoms with Gasteiger partial charge < -0.3 is 16.0 Å². The number of hydrogen-bond acceptors (Lipinski definition) is 5. The molecule has 3 N–H and O–H groups in total. The number of thioether (sulfide) groups is 1. The smallest absolute Gasteiger partial charge is 0.248 e. The van der Waals surface area contributed by atoms with E-state index in [0.717, 1.165) is 6.42 Å². The number of carbonyl (C=O) groups excluding carboxylic acids is 2. The van der Waals surface area contributed by atoms with Crippen molar-refractivity contribution in [3.05, 3.63) is 18.3 Å². The number of nitrogen functional groups attached to an aromatic ring is 1. The highest BCUT2D eigenvalue weighted by atomic mass is 35.5. The summed E-state index contributed by atoms with van der Waals surface area (Å²) in [4.78, 5) is 29.8. The Hall–Kier alpha value is -1.47. The molecular formula is C13H19ClN4O2S. The highest BCUT2D eigenvalue weighted by Crippen LogP contribution is 2.23. The van der Waals surface area contributed by atoms with E-state index in [1.807, 2.05) is 6.92 Å². The number of nitrogens with one attached hydrogen (secondary N) is 1. The minimum atomic E-state index is -0.406. The SMILES string of the molecule is CCCC(=O)N1CSCC1C(=O)Nc1ccc(N)nc1.Cl. The number of aromatic nitrogens is 1. The first kappa shape index (κ1) is 17.6. The average Bonchev–Trinajstić information content (AvgIpc) is 2.91. The Labute approximate surface area is 134 Å². The molecule has 1 aromatic rings. The molecule has 0 saturated carbocycles. The van der Waals surface area contributed by atoms with Crippen molar-refractivity contribution in [3.8, 4) is 0 Å². The zero-order chi connectivity index (χ0) is 14.5. The number of amides is 2. The van der Waals surface area contributed by atoms with E-state index in [-0.39, 0.29) is 24.2 Å². The summed E-state index contributed by atoms with van der Waals surface area (Å²) in [6, 6.07) is 2.91. The Morgan fingerprint density at radius 3 is 2.90 bits per heavy atom. The van der Waals surface area contributed by atoms with E-state index in [1.165, 1.54) is 6.20 Å². The van der Waals surface area contributed by atoms with Gasteiger partial charge in [-0.05, 0) is 18.6 Å². The molecule has 1 fully saturated rings. The molecule has 1 atom stereocenters. The number of rotatable bonds is 4. The molecule has 0 bridgehead atoms. The third-order valence-corrected chi connectivity index (χ3v) is 4.04. The molecule has 0 aliphatic carbocycles. The van der Waals surface area contributed by atoms with Gasteiger partial charge in [0.25, 0.3) is 0 Å². The van der Waals surface area contributed by atoms with E-state index in [2.05, 4.69) is 10.3 Å². The molecular weight excluding hydrogens is 312 g/mol. The maximum Gasteiger partial charge on any atom is 0.248 e. The number of anilines is 2. The average molecular weight is 331 g/mol. The molecule has 0 spiro atoms. The van der Waals surface area contributed by atoms with Crippen molar-refractivity contribution in [2.24, 2.45) is 0 Å². The van der Waals surface area contributed by atoms with Crippen LogP contribution in [0.25, 0.3) is 0 Å². The lowest BCUT2D eigenvalue weighted by atomic mass is 10.2. The second-order valence-corrected chi connectivity index (χ2v) is 5.59. The monoisotopic (exact) mass is 330 g/mol. The summed E-state index contributed by atoms with van der Waals surface area (Å²) in [6.45, 7) is 1.95. The molecule has 1 unspecified atom stereocenters. The topological polar surface area (TPSA) is 88.3 Å². The zero-order valence-electron chi connectivity index (χ0n) is 11.7. The van der Waals surface area contributed by atoms with Gasteiger partial charge >= 0.3 is 0 Å². The minimum absolute atomic E-state index is 0. The van der Waals surface area contributed by atoms with Crippen LogP contribution in [-0.4, -0.2) is 39.4 Å². The lowest BCUT2D eigenvalue weighted by Crippen LogP contribution is -2.44. The van der Waals surface area contributed by atoms with Gasteiger partial charge in [-0.2, -0.15) is 0 Å². The Kier molecular flexibility index (Phi) is 6.77. The van der Waals surface area contributed by atoms with E-state index in [9.17, 15) is 9.59 Å². The third kappa shape index (κ3) is 4.50. The molecule has 6 nitrogen and oxygen atoms in total. The summed E-state index contributed by atoms with van der Waals surface area (Å²) < 4.78 is 0. The summed E-state index contributed by atoms with van der Waals surface area (Å²) in [5, 5.41) is 2.77. The van der Waals surface area contributed by atoms with Crippen LogP contribution < -0.4 is 11.1 Å². The van der Waals surface area contributed by atoms with Crippen LogP contribution in [0.5, 0.6) is 0 Å². The van der Waals surface area contributed by atoms with Gasteiger partial charge in [-0.25, -0.2) is 4.98 Å². The summed E-state index contributed by atoms with van der Waals surface area (Å²) >= 11 is 1.59. The fraction of sp³-hybridized carbons (Fsp3) is 0.462. The van der Waals surface area contributed by atoms with Crippen LogP contribution >= 0.6 is 24.2 Å². The third-order valence-electron chi connectivity index (χ3n) is 3.02. The normalized spacial score (nSPS) is 17.2. The van der Waals surface area contributed by atoms with Crippen LogP contribution in [0.15, 0.2) is 18.3 Å². The van der Waals surface area contributed by atoms with Gasteiger partial charge in [0.15, 0.2) is 0 Å². The van der Waals surface area contributed by atoms with E-state index < -0.39 is 6.04 Å². The number of carbonyl (C=O) groups is 2. The maximum absolute atomic E-state index is 12.2. The van der Waals surface area contributed by atoms with Crippen molar-refractivity contribution in [1.29, 1.82) is 0 Å². The van der Waals surface area contributed by atoms with E-state index in [1.54, 1.807) is 28.8 Å². The van der Waals surface area contributed by atoms with Gasteiger partial charge in [0.05, 0.1) is 17.8 Å². The Morgan fingerprint density at radius 2 is 2.29 bits per heavy atom. The molecule has 1 saturated heterocycles. The number of halogens is 1. The quantitative estimate of drug-likeness (QED) is 0.877. The molecule has 2 rings (SSSR count). The van der Waals surface area contributed by atoms with Crippen LogP contribution in [0, 0.1) is 0 Å². The Balaban J connectivity index is 0.00000220. The number of nitrogens with two attached hydrogens (primary N) is 1. The van der Waals surface area contributed by atoms with Gasteiger partial charge in [-0.15, -0.1) is 24.2 Å². The van der Waals surface area contributed by atoms with Gasteiger partial charge in [-0.3, -0.25) is 9.59 Å². The standard InChI is InChI=1S/C13H18N4O2S.ClH/c1-2-3-12(18)17-8-20-7-10(17)13(19)16-9-4-5-11(14)15-6-9;/h4-6,10H,2-3,7-8H2,1H3,(H2,14,15)(H,16,19);1H. The van der Waals surface area contributed by atoms with E-state index >= 15 is 0 Å². The summed E-state index contributed by atoms with van der Waals surface area (Å²) in [6.07, 6.45) is 2.78. The van der Waals surface area contributed by atoms with Gasteiger partial charge in [-0.1, -0.05) is 6.92 Å². The van der Waals surface area contributed by atoms with E-state index in [4.69, 9.17) is 5.73 Å². The number of nitrogens with zero attached hydrogens (tertiary/aromatic N) is 2. The molecule has 116 valence electrons. The molecule has 1 aliphatic rings. The largest absolute Gasteiger partial charge is 0.384 e. The lowest BCUT2D eigenvalue weighted by molar-refractivity contribution is -0.136. The fourth-order valence-corrected chi connectivity index (χ4v) is 3.15. The van der Waals surface area contributed by atoms with Crippen LogP contribution in [0.3, 0.4) is 0 Å².